The second-order valence-electron chi connectivity index (χ2n) is 3.24. The number of phenolic OH excluding ortho intramolecular Hbond substituents is 1. The predicted molar refractivity (Wildman–Crippen MR) is 68.6 cm³/mol. The summed E-state index contributed by atoms with van der Waals surface area (Å²) in [4.78, 5) is 0. The van der Waals surface area contributed by atoms with Crippen LogP contribution in [0.2, 0.25) is 15.1 Å². The van der Waals surface area contributed by atoms with Gasteiger partial charge in [-0.05, 0) is 18.2 Å². The maximum atomic E-state index is 9.54. The van der Waals surface area contributed by atoms with Crippen LogP contribution < -0.4 is 0 Å². The maximum Gasteiger partial charge on any atom is 0.134 e. The molecule has 0 aliphatic carbocycles. The van der Waals surface area contributed by atoms with Crippen molar-refractivity contribution in [3.05, 3.63) is 51.5 Å². The van der Waals surface area contributed by atoms with E-state index in [-0.39, 0.29) is 10.8 Å². The molecule has 0 saturated heterocycles. The molecule has 1 nitrogen and oxygen atoms in total. The molecule has 0 spiro atoms. The van der Waals surface area contributed by atoms with Gasteiger partial charge in [0, 0.05) is 16.1 Å². The molecule has 0 fully saturated rings. The van der Waals surface area contributed by atoms with E-state index in [4.69, 9.17) is 34.8 Å². The van der Waals surface area contributed by atoms with E-state index in [1.807, 2.05) is 12.1 Å². The Morgan fingerprint density at radius 2 is 1.50 bits per heavy atom. The summed E-state index contributed by atoms with van der Waals surface area (Å²) in [6.45, 7) is 0. The summed E-state index contributed by atoms with van der Waals surface area (Å²) in [5.41, 5.74) is 1.25. The fourth-order valence-corrected chi connectivity index (χ4v) is 2.26. The lowest BCUT2D eigenvalue weighted by atomic mass is 10.1. The summed E-state index contributed by atoms with van der Waals surface area (Å²) in [6.07, 6.45) is 0. The van der Waals surface area contributed by atoms with Crippen LogP contribution >= 0.6 is 34.8 Å². The van der Waals surface area contributed by atoms with Gasteiger partial charge >= 0.3 is 0 Å². The molecule has 2 aromatic carbocycles. The summed E-state index contributed by atoms with van der Waals surface area (Å²) in [7, 11) is 0. The van der Waals surface area contributed by atoms with Crippen LogP contribution in [0, 0.1) is 0 Å². The predicted octanol–water partition coefficient (Wildman–Crippen LogP) is 5.02. The molecule has 0 saturated carbocycles. The van der Waals surface area contributed by atoms with E-state index in [2.05, 4.69) is 0 Å². The first-order valence-corrected chi connectivity index (χ1v) is 5.66. The van der Waals surface area contributed by atoms with E-state index in [0.29, 0.717) is 21.2 Å². The molecule has 4 heteroatoms. The van der Waals surface area contributed by atoms with Crippen LogP contribution in [0.4, 0.5) is 0 Å². The molecule has 2 aromatic rings. The van der Waals surface area contributed by atoms with Crippen molar-refractivity contribution >= 4 is 34.8 Å². The van der Waals surface area contributed by atoms with Crippen molar-refractivity contribution in [2.75, 3.05) is 0 Å². The average Bonchev–Trinajstić information content (AvgIpc) is 2.27. The molecule has 82 valence electrons. The van der Waals surface area contributed by atoms with Gasteiger partial charge in [0.2, 0.25) is 0 Å². The molecule has 0 unspecified atom stereocenters. The van der Waals surface area contributed by atoms with E-state index >= 15 is 0 Å². The fourth-order valence-electron chi connectivity index (χ4n) is 1.45. The molecule has 0 atom stereocenters. The van der Waals surface area contributed by atoms with Crippen molar-refractivity contribution in [3.63, 3.8) is 0 Å². The van der Waals surface area contributed by atoms with Crippen LogP contribution in [0.15, 0.2) is 36.4 Å². The van der Waals surface area contributed by atoms with Crippen LogP contribution in [-0.2, 0) is 0 Å². The van der Waals surface area contributed by atoms with Gasteiger partial charge in [0.15, 0.2) is 0 Å². The van der Waals surface area contributed by atoms with Crippen molar-refractivity contribution in [2.45, 2.75) is 0 Å². The summed E-state index contributed by atoms with van der Waals surface area (Å²) in [5, 5.41) is 10.7. The first-order chi connectivity index (χ1) is 7.61. The largest absolute Gasteiger partial charge is 0.506 e. The molecule has 0 aliphatic heterocycles. The number of halogens is 3. The SMILES string of the molecule is Oc1ccc(Cl)c(-c2ccccc2Cl)c1Cl. The number of rotatable bonds is 1. The Labute approximate surface area is 108 Å². The van der Waals surface area contributed by atoms with Gasteiger partial charge in [0.25, 0.3) is 0 Å². The third kappa shape index (κ3) is 1.99. The van der Waals surface area contributed by atoms with Crippen LogP contribution in [0.1, 0.15) is 0 Å². The highest BCUT2D eigenvalue weighted by molar-refractivity contribution is 6.41. The minimum atomic E-state index is -0.0130. The van der Waals surface area contributed by atoms with Gasteiger partial charge in [0.1, 0.15) is 5.75 Å². The number of phenols is 1. The smallest absolute Gasteiger partial charge is 0.134 e. The fraction of sp³-hybridized carbons (Fsp3) is 0. The molecule has 1 N–H and O–H groups in total. The van der Waals surface area contributed by atoms with Gasteiger partial charge in [-0.3, -0.25) is 0 Å². The summed E-state index contributed by atoms with van der Waals surface area (Å²) in [6, 6.07) is 10.2. The Hall–Kier alpha value is -0.890. The van der Waals surface area contributed by atoms with Crippen LogP contribution in [0.25, 0.3) is 11.1 Å². The number of hydrogen-bond acceptors (Lipinski definition) is 1. The third-order valence-corrected chi connectivity index (χ3v) is 3.24. The van der Waals surface area contributed by atoms with Gasteiger partial charge in [-0.25, -0.2) is 0 Å². The van der Waals surface area contributed by atoms with E-state index in [1.54, 1.807) is 18.2 Å². The lowest BCUT2D eigenvalue weighted by molar-refractivity contribution is 0.476. The molecule has 16 heavy (non-hydrogen) atoms. The maximum absolute atomic E-state index is 9.54. The average molecular weight is 274 g/mol. The molecular formula is C12H7Cl3O. The normalized spacial score (nSPS) is 10.4. The zero-order valence-corrected chi connectivity index (χ0v) is 10.3. The molecule has 0 radical (unpaired) electrons. The number of hydrogen-bond donors (Lipinski definition) is 1. The first kappa shape index (κ1) is 11.6. The molecule has 0 aliphatic rings. The van der Waals surface area contributed by atoms with Crippen molar-refractivity contribution in [3.8, 4) is 16.9 Å². The Bertz CT molecular complexity index is 538. The van der Waals surface area contributed by atoms with Crippen molar-refractivity contribution in [1.82, 2.24) is 0 Å². The van der Waals surface area contributed by atoms with E-state index in [1.165, 1.54) is 6.07 Å². The topological polar surface area (TPSA) is 20.2 Å². The molecule has 0 aromatic heterocycles. The Morgan fingerprint density at radius 1 is 0.812 bits per heavy atom. The van der Waals surface area contributed by atoms with Crippen molar-refractivity contribution < 1.29 is 5.11 Å². The number of aromatic hydroxyl groups is 1. The third-order valence-electron chi connectivity index (χ3n) is 2.21. The quantitative estimate of drug-likeness (QED) is 0.773. The molecular weight excluding hydrogens is 266 g/mol. The number of benzene rings is 2. The minimum Gasteiger partial charge on any atom is -0.506 e. The second kappa shape index (κ2) is 4.54. The second-order valence-corrected chi connectivity index (χ2v) is 4.43. The highest BCUT2D eigenvalue weighted by Crippen LogP contribution is 2.42. The Balaban J connectivity index is 2.74. The Morgan fingerprint density at radius 3 is 2.19 bits per heavy atom. The molecule has 0 heterocycles. The molecule has 0 bridgehead atoms. The lowest BCUT2D eigenvalue weighted by Gasteiger charge is -2.10. The highest BCUT2D eigenvalue weighted by atomic mass is 35.5. The van der Waals surface area contributed by atoms with Gasteiger partial charge in [-0.15, -0.1) is 0 Å². The summed E-state index contributed by atoms with van der Waals surface area (Å²) in [5.74, 6) is -0.0130. The van der Waals surface area contributed by atoms with E-state index < -0.39 is 0 Å². The molecule has 0 amide bonds. The monoisotopic (exact) mass is 272 g/mol. The van der Waals surface area contributed by atoms with Crippen LogP contribution in [0.3, 0.4) is 0 Å². The van der Waals surface area contributed by atoms with Gasteiger partial charge in [-0.2, -0.15) is 0 Å². The highest BCUT2D eigenvalue weighted by Gasteiger charge is 2.14. The lowest BCUT2D eigenvalue weighted by Crippen LogP contribution is -1.83. The van der Waals surface area contributed by atoms with Crippen LogP contribution in [0.5, 0.6) is 5.75 Å². The first-order valence-electron chi connectivity index (χ1n) is 4.53. The van der Waals surface area contributed by atoms with Gasteiger partial charge in [0.05, 0.1) is 10.0 Å². The Kier molecular flexibility index (Phi) is 3.29. The van der Waals surface area contributed by atoms with Crippen molar-refractivity contribution in [1.29, 1.82) is 0 Å². The minimum absolute atomic E-state index is 0.0130. The van der Waals surface area contributed by atoms with Gasteiger partial charge < -0.3 is 5.11 Å². The van der Waals surface area contributed by atoms with E-state index in [9.17, 15) is 5.11 Å². The van der Waals surface area contributed by atoms with Crippen molar-refractivity contribution in [2.24, 2.45) is 0 Å². The zero-order valence-electron chi connectivity index (χ0n) is 8.05. The van der Waals surface area contributed by atoms with Gasteiger partial charge in [-0.1, -0.05) is 53.0 Å². The molecule has 2 rings (SSSR count). The summed E-state index contributed by atoms with van der Waals surface area (Å²) < 4.78 is 0. The van der Waals surface area contributed by atoms with Crippen LogP contribution in [-0.4, -0.2) is 5.11 Å². The summed E-state index contributed by atoms with van der Waals surface area (Å²) >= 11 is 18.1. The standard InChI is InChI=1S/C12H7Cl3O/c13-8-4-2-1-3-7(8)11-9(14)5-6-10(16)12(11)15/h1-6,16H. The zero-order chi connectivity index (χ0) is 11.7. The van der Waals surface area contributed by atoms with E-state index in [0.717, 1.165) is 0 Å².